The highest BCUT2D eigenvalue weighted by molar-refractivity contribution is 7.09. The molecular weight excluding hydrogens is 446 g/mol. The average molecular weight is 476 g/mol. The van der Waals surface area contributed by atoms with E-state index < -0.39 is 0 Å². The number of thiophene rings is 1. The number of ether oxygens (including phenoxy) is 1. The molecule has 0 saturated heterocycles. The summed E-state index contributed by atoms with van der Waals surface area (Å²) < 4.78 is 5.48. The summed E-state index contributed by atoms with van der Waals surface area (Å²) in [5.74, 6) is 5.93. The van der Waals surface area contributed by atoms with E-state index >= 15 is 0 Å². The first-order valence-electron chi connectivity index (χ1n) is 11.5. The van der Waals surface area contributed by atoms with E-state index in [2.05, 4.69) is 29.3 Å². The van der Waals surface area contributed by atoms with Crippen molar-refractivity contribution in [2.24, 2.45) is 16.9 Å². The standard InChI is InChI=1S/C27H29N3O3S/c1-18(2)30-27(32)23-9-5-4-8-22(23)26(29-30)20-10-12-24(33-3)19(17-20)11-13-25(31)28-15-14-21-7-6-16-34-21/h4-7,10,12,16-18,22-23H,8-9,14-15H2,1-3H3,(H,28,31)/t22-,23+/m0/s1. The fourth-order valence-electron chi connectivity index (χ4n) is 4.33. The summed E-state index contributed by atoms with van der Waals surface area (Å²) in [5.41, 5.74) is 2.40. The van der Waals surface area contributed by atoms with E-state index in [0.717, 1.165) is 30.5 Å². The maximum atomic E-state index is 13.0. The highest BCUT2D eigenvalue weighted by Gasteiger charge is 2.40. The van der Waals surface area contributed by atoms with Crippen LogP contribution in [-0.2, 0) is 16.0 Å². The van der Waals surface area contributed by atoms with Crippen molar-refractivity contribution < 1.29 is 14.3 Å². The molecule has 176 valence electrons. The van der Waals surface area contributed by atoms with Crippen LogP contribution in [0.5, 0.6) is 5.75 Å². The van der Waals surface area contributed by atoms with E-state index in [4.69, 9.17) is 9.84 Å². The second-order valence-electron chi connectivity index (χ2n) is 8.67. The number of hydrazone groups is 1. The number of nitrogens with zero attached hydrogens (tertiary/aromatic N) is 2. The number of allylic oxidation sites excluding steroid dienone is 2. The molecule has 2 aliphatic rings. The molecule has 6 nitrogen and oxygen atoms in total. The quantitative estimate of drug-likeness (QED) is 0.507. The maximum absolute atomic E-state index is 13.0. The highest BCUT2D eigenvalue weighted by atomic mass is 32.1. The second-order valence-corrected chi connectivity index (χ2v) is 9.70. The number of nitrogens with one attached hydrogen (secondary N) is 1. The van der Waals surface area contributed by atoms with Gasteiger partial charge in [-0.2, -0.15) is 5.10 Å². The van der Waals surface area contributed by atoms with Gasteiger partial charge in [0.1, 0.15) is 5.75 Å². The van der Waals surface area contributed by atoms with Gasteiger partial charge in [-0.25, -0.2) is 5.01 Å². The second kappa shape index (κ2) is 10.7. The van der Waals surface area contributed by atoms with Crippen molar-refractivity contribution >= 4 is 28.9 Å². The van der Waals surface area contributed by atoms with Crippen LogP contribution in [0.3, 0.4) is 0 Å². The number of benzene rings is 1. The number of amides is 2. The lowest BCUT2D eigenvalue weighted by atomic mass is 9.76. The zero-order valence-electron chi connectivity index (χ0n) is 19.7. The molecule has 1 aliphatic carbocycles. The Morgan fingerprint density at radius 3 is 2.76 bits per heavy atom. The number of hydrogen-bond donors (Lipinski definition) is 1. The van der Waals surface area contributed by atoms with E-state index in [9.17, 15) is 9.59 Å². The summed E-state index contributed by atoms with van der Waals surface area (Å²) in [5, 5.41) is 11.2. The lowest BCUT2D eigenvalue weighted by molar-refractivity contribution is -0.139. The van der Waals surface area contributed by atoms with Crippen LogP contribution >= 0.6 is 11.3 Å². The Balaban J connectivity index is 1.57. The molecular formula is C27H29N3O3S. The van der Waals surface area contributed by atoms with E-state index in [0.29, 0.717) is 17.9 Å². The van der Waals surface area contributed by atoms with Crippen molar-refractivity contribution in [2.75, 3.05) is 13.7 Å². The molecule has 1 aromatic carbocycles. The molecule has 34 heavy (non-hydrogen) atoms. The fourth-order valence-corrected chi connectivity index (χ4v) is 5.04. The van der Waals surface area contributed by atoms with Crippen molar-refractivity contribution in [3.63, 3.8) is 0 Å². The zero-order valence-corrected chi connectivity index (χ0v) is 20.5. The SMILES string of the molecule is COc1ccc(C2=NN(C(C)C)C(=O)[C@@H]3CC=CC[C@H]23)cc1C#CC(=O)NCCc1cccs1. The molecule has 0 radical (unpaired) electrons. The number of rotatable bonds is 6. The summed E-state index contributed by atoms with van der Waals surface area (Å²) in [6.45, 7) is 4.48. The Bertz CT molecular complexity index is 1170. The van der Waals surface area contributed by atoms with Gasteiger partial charge in [0.25, 0.3) is 5.91 Å². The van der Waals surface area contributed by atoms with E-state index in [-0.39, 0.29) is 29.7 Å². The summed E-state index contributed by atoms with van der Waals surface area (Å²) in [6.07, 6.45) is 6.50. The Morgan fingerprint density at radius 1 is 1.26 bits per heavy atom. The Morgan fingerprint density at radius 2 is 2.06 bits per heavy atom. The minimum absolute atomic E-state index is 0.0234. The molecule has 0 fully saturated rings. The predicted octanol–water partition coefficient (Wildman–Crippen LogP) is 4.00. The Hall–Kier alpha value is -3.37. The van der Waals surface area contributed by atoms with E-state index in [1.807, 2.05) is 49.6 Å². The number of fused-ring (bicyclic) bond motifs is 1. The predicted molar refractivity (Wildman–Crippen MR) is 135 cm³/mol. The summed E-state index contributed by atoms with van der Waals surface area (Å²) in [6, 6.07) is 9.73. The van der Waals surface area contributed by atoms with Gasteiger partial charge in [-0.3, -0.25) is 9.59 Å². The Labute approximate surface area is 204 Å². The van der Waals surface area contributed by atoms with Crippen LogP contribution in [0.15, 0.2) is 53.0 Å². The lowest BCUT2D eigenvalue weighted by Gasteiger charge is -2.38. The van der Waals surface area contributed by atoms with Gasteiger partial charge in [0.2, 0.25) is 5.91 Å². The third-order valence-corrected chi connectivity index (χ3v) is 7.01. The van der Waals surface area contributed by atoms with Crippen LogP contribution in [0.1, 0.15) is 42.7 Å². The monoisotopic (exact) mass is 475 g/mol. The molecule has 0 bridgehead atoms. The number of methoxy groups -OCH3 is 1. The summed E-state index contributed by atoms with van der Waals surface area (Å²) in [7, 11) is 1.58. The van der Waals surface area contributed by atoms with Gasteiger partial charge in [0, 0.05) is 29.3 Å². The molecule has 2 heterocycles. The van der Waals surface area contributed by atoms with Crippen LogP contribution in [0.4, 0.5) is 0 Å². The average Bonchev–Trinajstić information content (AvgIpc) is 3.36. The van der Waals surface area contributed by atoms with Crippen molar-refractivity contribution in [1.82, 2.24) is 10.3 Å². The zero-order chi connectivity index (χ0) is 24.1. The molecule has 4 rings (SSSR count). The minimum atomic E-state index is -0.326. The molecule has 0 saturated carbocycles. The van der Waals surface area contributed by atoms with Gasteiger partial charge in [-0.05, 0) is 68.3 Å². The van der Waals surface area contributed by atoms with Gasteiger partial charge < -0.3 is 10.1 Å². The van der Waals surface area contributed by atoms with Gasteiger partial charge in [-0.15, -0.1) is 11.3 Å². The number of hydrogen-bond acceptors (Lipinski definition) is 5. The molecule has 0 spiro atoms. The highest BCUT2D eigenvalue weighted by Crippen LogP contribution is 2.36. The van der Waals surface area contributed by atoms with Gasteiger partial charge >= 0.3 is 0 Å². The largest absolute Gasteiger partial charge is 0.495 e. The van der Waals surface area contributed by atoms with E-state index in [1.165, 1.54) is 4.88 Å². The third-order valence-electron chi connectivity index (χ3n) is 6.07. The van der Waals surface area contributed by atoms with Gasteiger partial charge in [0.15, 0.2) is 0 Å². The fraction of sp³-hybridized carbons (Fsp3) is 0.370. The smallest absolute Gasteiger partial charge is 0.296 e. The molecule has 2 atom stereocenters. The van der Waals surface area contributed by atoms with Crippen molar-refractivity contribution in [1.29, 1.82) is 0 Å². The van der Waals surface area contributed by atoms with Crippen LogP contribution in [0, 0.1) is 23.7 Å². The maximum Gasteiger partial charge on any atom is 0.296 e. The van der Waals surface area contributed by atoms with E-state index in [1.54, 1.807) is 23.5 Å². The van der Waals surface area contributed by atoms with Crippen molar-refractivity contribution in [3.05, 3.63) is 63.9 Å². The third kappa shape index (κ3) is 5.23. The molecule has 7 heteroatoms. The van der Waals surface area contributed by atoms with Crippen LogP contribution in [0.25, 0.3) is 0 Å². The van der Waals surface area contributed by atoms with Crippen LogP contribution in [-0.4, -0.2) is 42.2 Å². The Kier molecular flexibility index (Phi) is 7.49. The number of carbonyl (C=O) groups excluding carboxylic acids is 2. The number of carbonyl (C=O) groups is 2. The first-order valence-corrected chi connectivity index (χ1v) is 12.4. The normalized spacial score (nSPS) is 19.2. The molecule has 1 aromatic heterocycles. The molecule has 0 unspecified atom stereocenters. The van der Waals surface area contributed by atoms with Crippen LogP contribution < -0.4 is 10.1 Å². The summed E-state index contributed by atoms with van der Waals surface area (Å²) >= 11 is 1.67. The molecule has 1 aliphatic heterocycles. The minimum Gasteiger partial charge on any atom is -0.495 e. The van der Waals surface area contributed by atoms with Crippen molar-refractivity contribution in [2.45, 2.75) is 39.2 Å². The van der Waals surface area contributed by atoms with Crippen molar-refractivity contribution in [3.8, 4) is 17.6 Å². The van der Waals surface area contributed by atoms with Gasteiger partial charge in [-0.1, -0.05) is 24.1 Å². The van der Waals surface area contributed by atoms with Crippen LogP contribution in [0.2, 0.25) is 0 Å². The first-order chi connectivity index (χ1) is 16.5. The topological polar surface area (TPSA) is 71.0 Å². The summed E-state index contributed by atoms with van der Waals surface area (Å²) in [4.78, 5) is 26.5. The molecule has 2 amide bonds. The van der Waals surface area contributed by atoms with Gasteiger partial charge in [0.05, 0.1) is 24.3 Å². The lowest BCUT2D eigenvalue weighted by Crippen LogP contribution is -2.47. The first kappa shape index (κ1) is 23.8. The molecule has 2 aromatic rings. The molecule has 1 N–H and O–H groups in total.